The molecule has 70 valence electrons. The molecule has 5 nitrogen and oxygen atoms in total. The van der Waals surface area contributed by atoms with Crippen molar-refractivity contribution >= 4 is 5.91 Å². The highest BCUT2D eigenvalue weighted by molar-refractivity contribution is 5.97. The Balaban J connectivity index is 3.41. The molecule has 0 spiro atoms. The minimum atomic E-state index is -0.771. The predicted molar refractivity (Wildman–Crippen MR) is 45.1 cm³/mol. The number of nitrogens with two attached hydrogens (primary N) is 1. The highest BCUT2D eigenvalue weighted by atomic mass is 16.3. The molecule has 1 heterocycles. The standard InChI is InChI=1S/C8H10N2O3/c1-4-7(12)6(8(9)13)5(3-11)2-10-4/h2,11-12H,3H2,1H3,(H2,9,13). The van der Waals surface area contributed by atoms with E-state index in [1.807, 2.05) is 0 Å². The third-order valence-corrected chi connectivity index (χ3v) is 1.73. The maximum atomic E-state index is 10.9. The molecule has 13 heavy (non-hydrogen) atoms. The van der Waals surface area contributed by atoms with Gasteiger partial charge in [-0.25, -0.2) is 0 Å². The Kier molecular flexibility index (Phi) is 2.48. The van der Waals surface area contributed by atoms with E-state index in [0.717, 1.165) is 0 Å². The second kappa shape index (κ2) is 3.40. The van der Waals surface area contributed by atoms with E-state index in [1.54, 1.807) is 6.92 Å². The van der Waals surface area contributed by atoms with Gasteiger partial charge >= 0.3 is 0 Å². The number of nitrogens with zero attached hydrogens (tertiary/aromatic N) is 1. The number of hydrogen-bond donors (Lipinski definition) is 3. The molecule has 0 unspecified atom stereocenters. The van der Waals surface area contributed by atoms with Crippen molar-refractivity contribution in [2.75, 3.05) is 0 Å². The van der Waals surface area contributed by atoms with Crippen molar-refractivity contribution in [3.63, 3.8) is 0 Å². The number of hydrogen-bond acceptors (Lipinski definition) is 4. The summed E-state index contributed by atoms with van der Waals surface area (Å²) in [7, 11) is 0. The molecule has 0 aliphatic heterocycles. The molecule has 0 bridgehead atoms. The van der Waals surface area contributed by atoms with E-state index < -0.39 is 5.91 Å². The van der Waals surface area contributed by atoms with E-state index in [0.29, 0.717) is 5.69 Å². The number of carbonyl (C=O) groups excluding carboxylic acids is 1. The largest absolute Gasteiger partial charge is 0.505 e. The number of carbonyl (C=O) groups is 1. The van der Waals surface area contributed by atoms with E-state index in [1.165, 1.54) is 6.20 Å². The summed E-state index contributed by atoms with van der Waals surface area (Å²) < 4.78 is 0. The molecule has 1 amide bonds. The fourth-order valence-electron chi connectivity index (χ4n) is 1.03. The summed E-state index contributed by atoms with van der Waals surface area (Å²) in [5, 5.41) is 18.2. The molecule has 4 N–H and O–H groups in total. The van der Waals surface area contributed by atoms with Gasteiger partial charge in [0.2, 0.25) is 0 Å². The zero-order valence-electron chi connectivity index (χ0n) is 7.11. The lowest BCUT2D eigenvalue weighted by molar-refractivity contribution is 0.0994. The average Bonchev–Trinajstić information content (AvgIpc) is 2.08. The second-order valence-corrected chi connectivity index (χ2v) is 2.61. The van der Waals surface area contributed by atoms with Crippen molar-refractivity contribution in [1.29, 1.82) is 0 Å². The average molecular weight is 182 g/mol. The topological polar surface area (TPSA) is 96.4 Å². The smallest absolute Gasteiger partial charge is 0.252 e. The van der Waals surface area contributed by atoms with Crippen LogP contribution in [0.2, 0.25) is 0 Å². The molecular weight excluding hydrogens is 172 g/mol. The Labute approximate surface area is 74.8 Å². The highest BCUT2D eigenvalue weighted by Gasteiger charge is 2.15. The Morgan fingerprint density at radius 3 is 2.77 bits per heavy atom. The third kappa shape index (κ3) is 1.59. The van der Waals surface area contributed by atoms with E-state index in [2.05, 4.69) is 4.98 Å². The number of aliphatic hydroxyl groups excluding tert-OH is 1. The van der Waals surface area contributed by atoms with Gasteiger partial charge in [0.1, 0.15) is 5.75 Å². The second-order valence-electron chi connectivity index (χ2n) is 2.61. The Morgan fingerprint density at radius 1 is 1.69 bits per heavy atom. The van der Waals surface area contributed by atoms with Crippen LogP contribution >= 0.6 is 0 Å². The number of aromatic hydroxyl groups is 1. The zero-order valence-corrected chi connectivity index (χ0v) is 7.11. The van der Waals surface area contributed by atoms with Crippen LogP contribution in [0.4, 0.5) is 0 Å². The number of primary amides is 1. The van der Waals surface area contributed by atoms with Crippen molar-refractivity contribution in [3.8, 4) is 5.75 Å². The maximum Gasteiger partial charge on any atom is 0.252 e. The molecule has 0 aromatic carbocycles. The molecule has 1 aromatic rings. The van der Waals surface area contributed by atoms with E-state index >= 15 is 0 Å². The SMILES string of the molecule is Cc1ncc(CO)c(C(N)=O)c1O. The Bertz CT molecular complexity index is 349. The first-order valence-electron chi connectivity index (χ1n) is 3.66. The first-order chi connectivity index (χ1) is 6.07. The van der Waals surface area contributed by atoms with Crippen LogP contribution in [0.5, 0.6) is 5.75 Å². The van der Waals surface area contributed by atoms with Crippen LogP contribution in [0.3, 0.4) is 0 Å². The van der Waals surface area contributed by atoms with Gasteiger partial charge in [-0.1, -0.05) is 0 Å². The molecule has 0 saturated carbocycles. The molecule has 0 radical (unpaired) electrons. The number of pyridine rings is 1. The predicted octanol–water partition coefficient (Wildman–Crippen LogP) is -0.313. The summed E-state index contributed by atoms with van der Waals surface area (Å²) >= 11 is 0. The normalized spacial score (nSPS) is 10.0. The monoisotopic (exact) mass is 182 g/mol. The van der Waals surface area contributed by atoms with Gasteiger partial charge in [-0.15, -0.1) is 0 Å². The van der Waals surface area contributed by atoms with Crippen LogP contribution in [-0.4, -0.2) is 21.1 Å². The van der Waals surface area contributed by atoms with Gasteiger partial charge in [0, 0.05) is 11.8 Å². The summed E-state index contributed by atoms with van der Waals surface area (Å²) in [5.41, 5.74) is 5.51. The van der Waals surface area contributed by atoms with Crippen LogP contribution in [0.25, 0.3) is 0 Å². The number of amides is 1. The van der Waals surface area contributed by atoms with Crippen LogP contribution < -0.4 is 5.73 Å². The van der Waals surface area contributed by atoms with Gasteiger partial charge in [-0.3, -0.25) is 9.78 Å². The first-order valence-corrected chi connectivity index (χ1v) is 3.66. The van der Waals surface area contributed by atoms with Crippen LogP contribution in [0, 0.1) is 6.92 Å². The van der Waals surface area contributed by atoms with Gasteiger partial charge in [0.05, 0.1) is 17.9 Å². The fourth-order valence-corrected chi connectivity index (χ4v) is 1.03. The lowest BCUT2D eigenvalue weighted by Crippen LogP contribution is -2.15. The first kappa shape index (κ1) is 9.47. The number of rotatable bonds is 2. The van der Waals surface area contributed by atoms with Crippen LogP contribution in [0.1, 0.15) is 21.6 Å². The summed E-state index contributed by atoms with van der Waals surface area (Å²) in [4.78, 5) is 14.7. The van der Waals surface area contributed by atoms with Crippen LogP contribution in [0.15, 0.2) is 6.20 Å². The van der Waals surface area contributed by atoms with Crippen molar-refractivity contribution in [2.45, 2.75) is 13.5 Å². The fraction of sp³-hybridized carbons (Fsp3) is 0.250. The van der Waals surface area contributed by atoms with E-state index in [9.17, 15) is 9.90 Å². The molecule has 0 aliphatic carbocycles. The quantitative estimate of drug-likeness (QED) is 0.584. The molecular formula is C8H10N2O3. The molecule has 0 atom stereocenters. The zero-order chi connectivity index (χ0) is 10.0. The third-order valence-electron chi connectivity index (χ3n) is 1.73. The summed E-state index contributed by atoms with van der Waals surface area (Å²) in [6.07, 6.45) is 1.31. The molecule has 5 heteroatoms. The molecule has 0 fully saturated rings. The van der Waals surface area contributed by atoms with Gasteiger partial charge in [0.25, 0.3) is 5.91 Å². The summed E-state index contributed by atoms with van der Waals surface area (Å²) in [5.74, 6) is -1.04. The minimum absolute atomic E-state index is 0.0602. The Hall–Kier alpha value is -1.62. The molecule has 0 saturated heterocycles. The van der Waals surface area contributed by atoms with Crippen molar-refractivity contribution in [2.24, 2.45) is 5.73 Å². The summed E-state index contributed by atoms with van der Waals surface area (Å²) in [6.45, 7) is 1.17. The van der Waals surface area contributed by atoms with E-state index in [4.69, 9.17) is 10.8 Å². The lowest BCUT2D eigenvalue weighted by Gasteiger charge is -2.07. The number of aryl methyl sites for hydroxylation is 1. The van der Waals surface area contributed by atoms with Gasteiger partial charge in [-0.05, 0) is 6.92 Å². The molecule has 1 rings (SSSR count). The lowest BCUT2D eigenvalue weighted by atomic mass is 10.1. The Morgan fingerprint density at radius 2 is 2.31 bits per heavy atom. The highest BCUT2D eigenvalue weighted by Crippen LogP contribution is 2.22. The molecule has 1 aromatic heterocycles. The van der Waals surface area contributed by atoms with Gasteiger partial charge < -0.3 is 15.9 Å². The van der Waals surface area contributed by atoms with Crippen molar-refractivity contribution in [1.82, 2.24) is 4.98 Å². The number of aliphatic hydroxyl groups is 1. The van der Waals surface area contributed by atoms with E-state index in [-0.39, 0.29) is 23.5 Å². The van der Waals surface area contributed by atoms with Gasteiger partial charge in [-0.2, -0.15) is 0 Å². The van der Waals surface area contributed by atoms with Crippen molar-refractivity contribution < 1.29 is 15.0 Å². The summed E-state index contributed by atoms with van der Waals surface area (Å²) in [6, 6.07) is 0. The van der Waals surface area contributed by atoms with Gasteiger partial charge in [0.15, 0.2) is 0 Å². The maximum absolute atomic E-state index is 10.9. The van der Waals surface area contributed by atoms with Crippen molar-refractivity contribution in [3.05, 3.63) is 23.0 Å². The molecule has 0 aliphatic rings. The number of aromatic nitrogens is 1. The van der Waals surface area contributed by atoms with Crippen LogP contribution in [-0.2, 0) is 6.61 Å². The minimum Gasteiger partial charge on any atom is -0.505 e.